The number of sulfonamides is 1. The monoisotopic (exact) mass is 444 g/mol. The first kappa shape index (κ1) is 19.7. The van der Waals surface area contributed by atoms with Gasteiger partial charge in [0.2, 0.25) is 5.91 Å². The topological polar surface area (TPSA) is 103 Å². The molecule has 3 aromatic rings. The first-order valence-electron chi connectivity index (χ1n) is 8.81. The van der Waals surface area contributed by atoms with E-state index in [1.54, 1.807) is 41.8 Å². The number of nitrogens with zero attached hydrogens (tertiary/aromatic N) is 3. The highest BCUT2D eigenvalue weighted by molar-refractivity contribution is 7.91. The molecule has 7 nitrogen and oxygen atoms in total. The minimum Gasteiger partial charge on any atom is -0.301 e. The molecule has 3 heterocycles. The van der Waals surface area contributed by atoms with E-state index in [1.807, 2.05) is 5.38 Å². The Labute approximate surface area is 176 Å². The first-order valence-corrected chi connectivity index (χ1v) is 12.0. The SMILES string of the molecule is N#Cc1ccc(-c2csc(NC(=O)C3CCCN3S(=O)(=O)c3cccs3)n2)cc1. The van der Waals surface area contributed by atoms with Crippen LogP contribution in [0.25, 0.3) is 11.3 Å². The molecule has 1 N–H and O–H groups in total. The van der Waals surface area contributed by atoms with Gasteiger partial charge in [-0.3, -0.25) is 4.79 Å². The van der Waals surface area contributed by atoms with Gasteiger partial charge in [0.25, 0.3) is 10.0 Å². The number of aromatic nitrogens is 1. The van der Waals surface area contributed by atoms with Crippen LogP contribution in [0, 0.1) is 11.3 Å². The van der Waals surface area contributed by atoms with E-state index >= 15 is 0 Å². The lowest BCUT2D eigenvalue weighted by Gasteiger charge is -2.22. The number of carbonyl (C=O) groups excluding carboxylic acids is 1. The van der Waals surface area contributed by atoms with Crippen LogP contribution in [0.3, 0.4) is 0 Å². The number of nitrogens with one attached hydrogen (secondary N) is 1. The maximum atomic E-state index is 12.8. The Morgan fingerprint density at radius 3 is 2.72 bits per heavy atom. The maximum Gasteiger partial charge on any atom is 0.253 e. The van der Waals surface area contributed by atoms with E-state index in [0.717, 1.165) is 16.9 Å². The number of benzene rings is 1. The molecule has 0 bridgehead atoms. The van der Waals surface area contributed by atoms with E-state index in [9.17, 15) is 13.2 Å². The predicted octanol–water partition coefficient (Wildman–Crippen LogP) is 3.54. The zero-order valence-electron chi connectivity index (χ0n) is 15.1. The normalized spacial score (nSPS) is 17.1. The summed E-state index contributed by atoms with van der Waals surface area (Å²) in [5.41, 5.74) is 2.08. The highest BCUT2D eigenvalue weighted by Crippen LogP contribution is 2.30. The molecule has 1 aromatic carbocycles. The van der Waals surface area contributed by atoms with Crippen molar-refractivity contribution in [1.29, 1.82) is 5.26 Å². The summed E-state index contributed by atoms with van der Waals surface area (Å²) in [4.78, 5) is 17.2. The van der Waals surface area contributed by atoms with Gasteiger partial charge in [0.05, 0.1) is 17.3 Å². The second-order valence-electron chi connectivity index (χ2n) is 6.42. The standard InChI is InChI=1S/C19H16N4O3S3/c20-11-13-5-7-14(8-6-13)15-12-28-19(21-15)22-18(24)16-3-1-9-23(16)29(25,26)17-4-2-10-27-17/h2,4-8,10,12,16H,1,3,9H2,(H,21,22,24). The van der Waals surface area contributed by atoms with E-state index in [4.69, 9.17) is 5.26 Å². The Bertz CT molecular complexity index is 1160. The van der Waals surface area contributed by atoms with Gasteiger partial charge in [0.1, 0.15) is 10.3 Å². The lowest BCUT2D eigenvalue weighted by Crippen LogP contribution is -2.42. The number of hydrogen-bond acceptors (Lipinski definition) is 7. The second-order valence-corrected chi connectivity index (χ2v) is 10.3. The Hall–Kier alpha value is -2.58. The number of hydrogen-bond donors (Lipinski definition) is 1. The zero-order valence-corrected chi connectivity index (χ0v) is 17.6. The van der Waals surface area contributed by atoms with Crippen LogP contribution in [0.4, 0.5) is 5.13 Å². The molecule has 1 fully saturated rings. The molecule has 0 saturated carbocycles. The van der Waals surface area contributed by atoms with Crippen molar-refractivity contribution in [3.05, 3.63) is 52.7 Å². The molecule has 148 valence electrons. The number of thiazole rings is 1. The zero-order chi connectivity index (χ0) is 20.4. The van der Waals surface area contributed by atoms with Crippen molar-refractivity contribution in [2.24, 2.45) is 0 Å². The maximum absolute atomic E-state index is 12.8. The number of anilines is 1. The van der Waals surface area contributed by atoms with Crippen molar-refractivity contribution in [3.8, 4) is 17.3 Å². The molecule has 1 atom stereocenters. The van der Waals surface area contributed by atoms with Gasteiger partial charge in [-0.25, -0.2) is 13.4 Å². The Morgan fingerprint density at radius 2 is 2.03 bits per heavy atom. The van der Waals surface area contributed by atoms with Crippen LogP contribution in [0.1, 0.15) is 18.4 Å². The molecule has 1 unspecified atom stereocenters. The highest BCUT2D eigenvalue weighted by atomic mass is 32.2. The summed E-state index contributed by atoms with van der Waals surface area (Å²) < 4.78 is 27.2. The average Bonchev–Trinajstić information content (AvgIpc) is 3.49. The van der Waals surface area contributed by atoms with E-state index in [0.29, 0.717) is 35.8 Å². The molecule has 1 aliphatic rings. The fraction of sp³-hybridized carbons (Fsp3) is 0.211. The highest BCUT2D eigenvalue weighted by Gasteiger charge is 2.40. The van der Waals surface area contributed by atoms with Crippen LogP contribution in [0.15, 0.2) is 51.4 Å². The third-order valence-corrected chi connectivity index (χ3v) is 8.65. The molecule has 0 aliphatic carbocycles. The van der Waals surface area contributed by atoms with Crippen LogP contribution in [0.5, 0.6) is 0 Å². The molecular formula is C19H16N4O3S3. The Balaban J connectivity index is 1.49. The molecule has 2 aromatic heterocycles. The van der Waals surface area contributed by atoms with Gasteiger partial charge in [0.15, 0.2) is 5.13 Å². The lowest BCUT2D eigenvalue weighted by molar-refractivity contribution is -0.119. The summed E-state index contributed by atoms with van der Waals surface area (Å²) in [6.45, 7) is 0.326. The van der Waals surface area contributed by atoms with Gasteiger partial charge < -0.3 is 5.32 Å². The first-order chi connectivity index (χ1) is 14.0. The van der Waals surface area contributed by atoms with Gasteiger partial charge in [-0.2, -0.15) is 9.57 Å². The van der Waals surface area contributed by atoms with Crippen LogP contribution < -0.4 is 5.32 Å². The fourth-order valence-electron chi connectivity index (χ4n) is 3.18. The van der Waals surface area contributed by atoms with E-state index < -0.39 is 16.1 Å². The minimum atomic E-state index is -3.68. The Kier molecular flexibility index (Phi) is 5.47. The number of carbonyl (C=O) groups is 1. The van der Waals surface area contributed by atoms with Crippen molar-refractivity contribution >= 4 is 43.7 Å². The number of rotatable bonds is 5. The quantitative estimate of drug-likeness (QED) is 0.648. The molecule has 1 amide bonds. The number of thiophene rings is 1. The molecule has 29 heavy (non-hydrogen) atoms. The van der Waals surface area contributed by atoms with Crippen molar-refractivity contribution in [1.82, 2.24) is 9.29 Å². The van der Waals surface area contributed by atoms with Gasteiger partial charge in [-0.05, 0) is 36.4 Å². The molecule has 0 radical (unpaired) electrons. The largest absolute Gasteiger partial charge is 0.301 e. The van der Waals surface area contributed by atoms with Crippen molar-refractivity contribution in [3.63, 3.8) is 0 Å². The van der Waals surface area contributed by atoms with Crippen LogP contribution in [-0.2, 0) is 14.8 Å². The predicted molar refractivity (Wildman–Crippen MR) is 112 cm³/mol. The third-order valence-electron chi connectivity index (χ3n) is 4.61. The summed E-state index contributed by atoms with van der Waals surface area (Å²) in [7, 11) is -3.68. The van der Waals surface area contributed by atoms with Gasteiger partial charge in [-0.1, -0.05) is 18.2 Å². The average molecular weight is 445 g/mol. The summed E-state index contributed by atoms with van der Waals surface area (Å²) in [6, 6.07) is 11.6. The van der Waals surface area contributed by atoms with Crippen molar-refractivity contribution in [2.45, 2.75) is 23.1 Å². The van der Waals surface area contributed by atoms with Crippen LogP contribution >= 0.6 is 22.7 Å². The van der Waals surface area contributed by atoms with Crippen molar-refractivity contribution in [2.75, 3.05) is 11.9 Å². The van der Waals surface area contributed by atoms with Gasteiger partial charge in [-0.15, -0.1) is 22.7 Å². The van der Waals surface area contributed by atoms with Crippen LogP contribution in [-0.4, -0.2) is 36.2 Å². The smallest absolute Gasteiger partial charge is 0.253 e. The molecule has 10 heteroatoms. The van der Waals surface area contributed by atoms with Gasteiger partial charge in [0, 0.05) is 17.5 Å². The summed E-state index contributed by atoms with van der Waals surface area (Å²) >= 11 is 2.42. The van der Waals surface area contributed by atoms with E-state index in [1.165, 1.54) is 15.6 Å². The fourth-order valence-corrected chi connectivity index (χ4v) is 6.68. The van der Waals surface area contributed by atoms with Crippen molar-refractivity contribution < 1.29 is 13.2 Å². The number of amides is 1. The molecule has 1 saturated heterocycles. The second kappa shape index (κ2) is 8.04. The molecule has 1 aliphatic heterocycles. The Morgan fingerprint density at radius 1 is 1.24 bits per heavy atom. The minimum absolute atomic E-state index is 0.245. The summed E-state index contributed by atoms with van der Waals surface area (Å²) in [6.07, 6.45) is 1.11. The molecule has 0 spiro atoms. The molecule has 4 rings (SSSR count). The number of nitriles is 1. The summed E-state index contributed by atoms with van der Waals surface area (Å²) in [5, 5.41) is 15.6. The third kappa shape index (κ3) is 3.95. The van der Waals surface area contributed by atoms with E-state index in [2.05, 4.69) is 16.4 Å². The lowest BCUT2D eigenvalue weighted by atomic mass is 10.1. The van der Waals surface area contributed by atoms with Crippen LogP contribution in [0.2, 0.25) is 0 Å². The van der Waals surface area contributed by atoms with E-state index in [-0.39, 0.29) is 10.1 Å². The summed E-state index contributed by atoms with van der Waals surface area (Å²) in [5.74, 6) is -0.372. The molecular weight excluding hydrogens is 428 g/mol. The van der Waals surface area contributed by atoms with Gasteiger partial charge >= 0.3 is 0 Å².